The fourth-order valence-corrected chi connectivity index (χ4v) is 6.46. The Kier molecular flexibility index (Phi) is 36.8. The van der Waals surface area contributed by atoms with E-state index < -0.39 is 44.8 Å². The molecule has 0 spiro atoms. The zero-order valence-corrected chi connectivity index (χ0v) is 38.0. The normalized spacial score (nSPS) is 15.9. The predicted octanol–water partition coefficient (Wildman–Crippen LogP) is 9.22. The number of nitrogens with zero attached hydrogens (tertiary/aromatic N) is 1. The maximum absolute atomic E-state index is 12.7. The van der Waals surface area contributed by atoms with Crippen LogP contribution in [0.4, 0.5) is 0 Å². The van der Waals surface area contributed by atoms with Gasteiger partial charge in [-0.3, -0.25) is 9.36 Å². The van der Waals surface area contributed by atoms with Crippen LogP contribution in [0, 0.1) is 0 Å². The van der Waals surface area contributed by atoms with Gasteiger partial charge in [0.2, 0.25) is 0 Å². The number of rotatable bonds is 40. The van der Waals surface area contributed by atoms with Gasteiger partial charge in [0.15, 0.2) is 0 Å². The molecule has 0 rings (SSSR count). The van der Waals surface area contributed by atoms with Crippen molar-refractivity contribution >= 4 is 13.8 Å². The van der Waals surface area contributed by atoms with Gasteiger partial charge in [-0.05, 0) is 32.1 Å². The standard InChI is InChI=1S/C46H84NO10P/c1-6-8-9-10-11-12-13-14-15-16-17-18-19-20-23-29-38-54-40-45(41-56-58(52,53)55-39-37-47(3,4)5)57-46(51)36-30-35-44(50)33-26-22-21-25-32-43(49)34-28-24-27-31-42(48)7-2/h21-22,24-28,31-33,42-45,48-50H,6-20,23,29-30,34-41H2,1-5H3/b22-21-,28-24-,31-27+,32-25+,33-26+. The second-order valence-corrected chi connectivity index (χ2v) is 17.7. The maximum atomic E-state index is 12.7. The highest BCUT2D eigenvalue weighted by Crippen LogP contribution is 2.38. The first kappa shape index (κ1) is 56.1. The number of carbonyl (C=O) groups excluding carboxylic acids is 1. The average Bonchev–Trinajstić information content (AvgIpc) is 3.16. The Labute approximate surface area is 353 Å². The summed E-state index contributed by atoms with van der Waals surface area (Å²) in [5.41, 5.74) is 0. The molecule has 11 nitrogen and oxygen atoms in total. The van der Waals surface area contributed by atoms with E-state index in [0.29, 0.717) is 43.3 Å². The third kappa shape index (κ3) is 40.8. The van der Waals surface area contributed by atoms with Crippen molar-refractivity contribution in [2.45, 2.75) is 173 Å². The summed E-state index contributed by atoms with van der Waals surface area (Å²) in [7, 11) is 1.17. The van der Waals surface area contributed by atoms with Crippen molar-refractivity contribution in [2.24, 2.45) is 0 Å². The van der Waals surface area contributed by atoms with Gasteiger partial charge in [0, 0.05) is 13.0 Å². The fourth-order valence-electron chi connectivity index (χ4n) is 5.73. The second-order valence-electron chi connectivity index (χ2n) is 16.3. The molecule has 0 aliphatic rings. The molecule has 12 heteroatoms. The van der Waals surface area contributed by atoms with E-state index in [2.05, 4.69) is 6.92 Å². The molecular formula is C46H84NO10P. The summed E-state index contributed by atoms with van der Waals surface area (Å²) in [6, 6.07) is 0. The highest BCUT2D eigenvalue weighted by atomic mass is 31.2. The van der Waals surface area contributed by atoms with Crippen LogP contribution in [0.1, 0.15) is 149 Å². The topological polar surface area (TPSA) is 155 Å². The minimum Gasteiger partial charge on any atom is -0.756 e. The first-order valence-corrected chi connectivity index (χ1v) is 23.8. The molecule has 0 fully saturated rings. The van der Waals surface area contributed by atoms with E-state index in [0.717, 1.165) is 19.3 Å². The molecule has 0 bridgehead atoms. The minimum absolute atomic E-state index is 0.00460. The molecule has 0 saturated carbocycles. The number of phosphoric acid groups is 1. The molecule has 0 aromatic carbocycles. The van der Waals surface area contributed by atoms with Crippen molar-refractivity contribution in [1.29, 1.82) is 0 Å². The zero-order chi connectivity index (χ0) is 43.2. The average molecular weight is 842 g/mol. The Morgan fingerprint density at radius 1 is 0.638 bits per heavy atom. The Balaban J connectivity index is 4.52. The van der Waals surface area contributed by atoms with Gasteiger partial charge in [0.1, 0.15) is 19.3 Å². The van der Waals surface area contributed by atoms with Crippen molar-refractivity contribution in [3.8, 4) is 0 Å². The highest BCUT2D eigenvalue weighted by molar-refractivity contribution is 7.45. The predicted molar refractivity (Wildman–Crippen MR) is 235 cm³/mol. The van der Waals surface area contributed by atoms with Gasteiger partial charge in [-0.15, -0.1) is 0 Å². The summed E-state index contributed by atoms with van der Waals surface area (Å²) in [6.45, 7) is 4.68. The molecule has 0 radical (unpaired) electrons. The molecule has 338 valence electrons. The number of phosphoric ester groups is 1. The lowest BCUT2D eigenvalue weighted by molar-refractivity contribution is -0.870. The minimum atomic E-state index is -4.60. The van der Waals surface area contributed by atoms with Crippen molar-refractivity contribution in [3.05, 3.63) is 60.8 Å². The molecule has 0 heterocycles. The molecule has 0 saturated heterocycles. The fraction of sp³-hybridized carbons (Fsp3) is 0.761. The van der Waals surface area contributed by atoms with Crippen LogP contribution in [-0.4, -0.2) is 104 Å². The Morgan fingerprint density at radius 2 is 1.16 bits per heavy atom. The number of quaternary nitrogens is 1. The van der Waals surface area contributed by atoms with Crippen LogP contribution in [-0.2, 0) is 27.9 Å². The van der Waals surface area contributed by atoms with Gasteiger partial charge in [0.25, 0.3) is 7.82 Å². The summed E-state index contributed by atoms with van der Waals surface area (Å²) in [5, 5.41) is 29.8. The maximum Gasteiger partial charge on any atom is 0.306 e. The third-order valence-electron chi connectivity index (χ3n) is 9.43. The van der Waals surface area contributed by atoms with Crippen LogP contribution < -0.4 is 4.89 Å². The van der Waals surface area contributed by atoms with Crippen LogP contribution in [0.3, 0.4) is 0 Å². The van der Waals surface area contributed by atoms with Crippen LogP contribution in [0.2, 0.25) is 0 Å². The van der Waals surface area contributed by atoms with Gasteiger partial charge in [-0.25, -0.2) is 0 Å². The monoisotopic (exact) mass is 842 g/mol. The van der Waals surface area contributed by atoms with Crippen LogP contribution in [0.25, 0.3) is 0 Å². The van der Waals surface area contributed by atoms with E-state index in [9.17, 15) is 29.6 Å². The number of unbranched alkanes of at least 4 members (excludes halogenated alkanes) is 15. The largest absolute Gasteiger partial charge is 0.756 e. The molecule has 0 aromatic heterocycles. The Hall–Kier alpha value is -1.92. The number of hydrogen-bond acceptors (Lipinski definition) is 10. The summed E-state index contributed by atoms with van der Waals surface area (Å²) in [5.74, 6) is -0.532. The second kappa shape index (κ2) is 38.0. The Morgan fingerprint density at radius 3 is 1.71 bits per heavy atom. The first-order chi connectivity index (χ1) is 27.8. The van der Waals surface area contributed by atoms with E-state index in [1.165, 1.54) is 83.5 Å². The molecule has 0 aliphatic carbocycles. The first-order valence-electron chi connectivity index (χ1n) is 22.3. The molecule has 0 aromatic rings. The van der Waals surface area contributed by atoms with E-state index in [1.54, 1.807) is 54.7 Å². The highest BCUT2D eigenvalue weighted by Gasteiger charge is 2.20. The Bertz CT molecular complexity index is 1170. The lowest BCUT2D eigenvalue weighted by atomic mass is 10.0. The summed E-state index contributed by atoms with van der Waals surface area (Å²) in [6.07, 6.45) is 36.7. The van der Waals surface area contributed by atoms with Crippen LogP contribution in [0.5, 0.6) is 0 Å². The van der Waals surface area contributed by atoms with Gasteiger partial charge >= 0.3 is 5.97 Å². The van der Waals surface area contributed by atoms with Crippen LogP contribution in [0.15, 0.2) is 60.8 Å². The molecule has 0 amide bonds. The number of allylic oxidation sites excluding steroid dienone is 6. The van der Waals surface area contributed by atoms with Crippen molar-refractivity contribution in [2.75, 3.05) is 54.1 Å². The van der Waals surface area contributed by atoms with Crippen molar-refractivity contribution in [1.82, 2.24) is 0 Å². The van der Waals surface area contributed by atoms with Crippen LogP contribution >= 0.6 is 7.82 Å². The summed E-state index contributed by atoms with van der Waals surface area (Å²) in [4.78, 5) is 25.1. The number of carbonyl (C=O) groups is 1. The van der Waals surface area contributed by atoms with Gasteiger partial charge in [-0.2, -0.15) is 0 Å². The zero-order valence-electron chi connectivity index (χ0n) is 37.1. The summed E-state index contributed by atoms with van der Waals surface area (Å²) < 4.78 is 34.3. The van der Waals surface area contributed by atoms with E-state index in [-0.39, 0.29) is 19.6 Å². The van der Waals surface area contributed by atoms with Gasteiger partial charge in [-0.1, -0.05) is 171 Å². The smallest absolute Gasteiger partial charge is 0.306 e. The molecule has 0 aliphatic heterocycles. The number of ether oxygens (including phenoxy) is 2. The molecule has 5 atom stereocenters. The van der Waals surface area contributed by atoms with Gasteiger partial charge in [0.05, 0.1) is 52.7 Å². The summed E-state index contributed by atoms with van der Waals surface area (Å²) >= 11 is 0. The molecule has 5 unspecified atom stereocenters. The van der Waals surface area contributed by atoms with Gasteiger partial charge < -0.3 is 43.2 Å². The lowest BCUT2D eigenvalue weighted by Gasteiger charge is -2.28. The van der Waals surface area contributed by atoms with Crippen molar-refractivity contribution < 1.29 is 52.6 Å². The number of aliphatic hydroxyl groups is 3. The quantitative estimate of drug-likeness (QED) is 0.0179. The number of esters is 1. The number of hydrogen-bond donors (Lipinski definition) is 3. The number of aliphatic hydroxyl groups excluding tert-OH is 3. The van der Waals surface area contributed by atoms with E-state index in [1.807, 2.05) is 34.1 Å². The number of likely N-dealkylation sites (N-methyl/N-ethyl adjacent to an activating group) is 1. The SMILES string of the molecule is CCCCCCCCCCCCCCCCCCOCC(COP(=O)([O-])OCC[N+](C)(C)C)OC(=O)CCCC(O)/C=C/C=C\C=C\C(O)C/C=C\C=C\C(O)CC. The lowest BCUT2D eigenvalue weighted by Crippen LogP contribution is -2.37. The molecule has 58 heavy (non-hydrogen) atoms. The molecule has 3 N–H and O–H groups in total. The third-order valence-corrected chi connectivity index (χ3v) is 10.4. The molecular weight excluding hydrogens is 757 g/mol. The van der Waals surface area contributed by atoms with Crippen molar-refractivity contribution in [3.63, 3.8) is 0 Å². The van der Waals surface area contributed by atoms with E-state index >= 15 is 0 Å². The van der Waals surface area contributed by atoms with E-state index in [4.69, 9.17) is 18.5 Å².